The van der Waals surface area contributed by atoms with Crippen molar-refractivity contribution >= 4 is 12.4 Å². The smallest absolute Gasteiger partial charge is 0.0623 e. The van der Waals surface area contributed by atoms with E-state index in [2.05, 4.69) is 0 Å². The van der Waals surface area contributed by atoms with E-state index in [0.29, 0.717) is 0 Å². The van der Waals surface area contributed by atoms with Crippen LogP contribution in [-0.4, -0.2) is 0 Å². The Morgan fingerprint density at radius 3 is 0.385 bits per heavy atom. The Balaban J connectivity index is 0.000000206. The Labute approximate surface area is 85.6 Å². The summed E-state index contributed by atoms with van der Waals surface area (Å²) in [5.41, 5.74) is 0. The minimum Gasteiger partial charge on any atom is -0.147 e. The minimum absolute atomic E-state index is 0. The summed E-state index contributed by atoms with van der Waals surface area (Å²) in [6, 6.07) is 24.0. The molecular weight excluding hydrogens is 180 g/mol. The van der Waals surface area contributed by atoms with Crippen molar-refractivity contribution in [1.82, 2.24) is 0 Å². The normalized spacial score (nSPS) is 7.38. The van der Waals surface area contributed by atoms with Crippen LogP contribution in [0.25, 0.3) is 0 Å². The van der Waals surface area contributed by atoms with Gasteiger partial charge in [-0.3, -0.25) is 0 Å². The van der Waals surface area contributed by atoms with Crippen LogP contribution in [0.15, 0.2) is 72.8 Å². The Morgan fingerprint density at radius 2 is 0.308 bits per heavy atom. The highest BCUT2D eigenvalue weighted by molar-refractivity contribution is 5.85. The van der Waals surface area contributed by atoms with Gasteiger partial charge < -0.3 is 0 Å². The van der Waals surface area contributed by atoms with Crippen molar-refractivity contribution in [1.29, 1.82) is 0 Å². The predicted octanol–water partition coefficient (Wildman–Crippen LogP) is 3.80. The van der Waals surface area contributed by atoms with Crippen LogP contribution in [0.2, 0.25) is 0 Å². The maximum atomic E-state index is 2.00. The molecule has 1 heteroatoms. The van der Waals surface area contributed by atoms with Gasteiger partial charge >= 0.3 is 0 Å². The highest BCUT2D eigenvalue weighted by atomic mass is 35.5. The zero-order valence-corrected chi connectivity index (χ0v) is 8.15. The van der Waals surface area contributed by atoms with Crippen LogP contribution in [0.5, 0.6) is 0 Å². The molecule has 0 saturated carbocycles. The van der Waals surface area contributed by atoms with Crippen molar-refractivity contribution in [2.45, 2.75) is 0 Å². The van der Waals surface area contributed by atoms with E-state index in [-0.39, 0.29) is 12.4 Å². The molecule has 0 radical (unpaired) electrons. The lowest BCUT2D eigenvalue weighted by atomic mass is 10.4. The summed E-state index contributed by atoms with van der Waals surface area (Å²) >= 11 is 0. The lowest BCUT2D eigenvalue weighted by molar-refractivity contribution is 1.72. The molecule has 2 rings (SSSR count). The van der Waals surface area contributed by atoms with Gasteiger partial charge in [0.25, 0.3) is 0 Å². The van der Waals surface area contributed by atoms with Crippen LogP contribution in [0.3, 0.4) is 0 Å². The first-order valence-corrected chi connectivity index (χ1v) is 4.00. The zero-order chi connectivity index (χ0) is 8.49. The topological polar surface area (TPSA) is 0 Å². The third kappa shape index (κ3) is 7.10. The summed E-state index contributed by atoms with van der Waals surface area (Å²) in [5.74, 6) is 0. The van der Waals surface area contributed by atoms with E-state index in [9.17, 15) is 0 Å². The average molecular weight is 193 g/mol. The molecule has 0 saturated heterocycles. The molecule has 0 unspecified atom stereocenters. The maximum Gasteiger partial charge on any atom is -0.0623 e. The minimum atomic E-state index is 0. The van der Waals surface area contributed by atoms with E-state index >= 15 is 0 Å². The summed E-state index contributed by atoms with van der Waals surface area (Å²) < 4.78 is 0. The summed E-state index contributed by atoms with van der Waals surface area (Å²) in [6.45, 7) is 0. The second kappa shape index (κ2) is 8.82. The van der Waals surface area contributed by atoms with Gasteiger partial charge in [-0.15, -0.1) is 12.4 Å². The van der Waals surface area contributed by atoms with Crippen LogP contribution < -0.4 is 0 Å². The van der Waals surface area contributed by atoms with Gasteiger partial charge in [-0.2, -0.15) is 0 Å². The predicted molar refractivity (Wildman–Crippen MR) is 60.1 cm³/mol. The van der Waals surface area contributed by atoms with Crippen molar-refractivity contribution in [3.63, 3.8) is 0 Å². The van der Waals surface area contributed by atoms with Gasteiger partial charge in [0.2, 0.25) is 0 Å². The molecule has 13 heavy (non-hydrogen) atoms. The quantitative estimate of drug-likeness (QED) is 0.596. The second-order valence-electron chi connectivity index (χ2n) is 2.31. The van der Waals surface area contributed by atoms with Gasteiger partial charge in [0, 0.05) is 0 Å². The van der Waals surface area contributed by atoms with Gasteiger partial charge in [0.15, 0.2) is 0 Å². The fourth-order valence-corrected chi connectivity index (χ4v) is 0.770. The van der Waals surface area contributed by atoms with Crippen LogP contribution >= 0.6 is 12.4 Å². The number of halogens is 1. The highest BCUT2D eigenvalue weighted by Crippen LogP contribution is 1.80. The number of benzene rings is 2. The molecule has 0 bridgehead atoms. The average Bonchev–Trinajstić information content (AvgIpc) is 2.24. The van der Waals surface area contributed by atoms with Gasteiger partial charge in [-0.05, 0) is 0 Å². The van der Waals surface area contributed by atoms with Gasteiger partial charge in [-0.25, -0.2) is 0 Å². The van der Waals surface area contributed by atoms with E-state index in [0.717, 1.165) is 0 Å². The molecule has 68 valence electrons. The van der Waals surface area contributed by atoms with Gasteiger partial charge in [-0.1, -0.05) is 72.8 Å². The molecule has 2 aromatic rings. The Kier molecular flexibility index (Phi) is 7.96. The molecule has 0 amide bonds. The SMILES string of the molecule is Cl.c1ccccc1.c1ccccc1. The molecular formula is C12H13Cl. The van der Waals surface area contributed by atoms with Crippen LogP contribution in [-0.2, 0) is 0 Å². The summed E-state index contributed by atoms with van der Waals surface area (Å²) in [7, 11) is 0. The van der Waals surface area contributed by atoms with E-state index in [1.54, 1.807) is 0 Å². The summed E-state index contributed by atoms with van der Waals surface area (Å²) in [4.78, 5) is 0. The van der Waals surface area contributed by atoms with Crippen molar-refractivity contribution in [3.05, 3.63) is 72.8 Å². The summed E-state index contributed by atoms with van der Waals surface area (Å²) in [6.07, 6.45) is 0. The maximum absolute atomic E-state index is 2.00. The molecule has 0 atom stereocenters. The van der Waals surface area contributed by atoms with E-state index in [4.69, 9.17) is 0 Å². The van der Waals surface area contributed by atoms with Gasteiger partial charge in [0.05, 0.1) is 0 Å². The van der Waals surface area contributed by atoms with Crippen molar-refractivity contribution < 1.29 is 0 Å². The lowest BCUT2D eigenvalue weighted by Crippen LogP contribution is -1.47. The molecule has 0 aliphatic rings. The molecule has 2 aromatic carbocycles. The lowest BCUT2D eigenvalue weighted by Gasteiger charge is -1.69. The molecule has 0 aromatic heterocycles. The fourth-order valence-electron chi connectivity index (χ4n) is 0.770. The van der Waals surface area contributed by atoms with Crippen molar-refractivity contribution in [2.24, 2.45) is 0 Å². The standard InChI is InChI=1S/2C6H6.ClH/c2*1-2-4-6-5-3-1;/h2*1-6H;1H. The molecule has 0 fully saturated rings. The van der Waals surface area contributed by atoms with E-state index in [1.807, 2.05) is 72.8 Å². The number of rotatable bonds is 0. The van der Waals surface area contributed by atoms with Crippen LogP contribution in [0, 0.1) is 0 Å². The second-order valence-corrected chi connectivity index (χ2v) is 2.31. The Bertz CT molecular complexity index is 181. The fraction of sp³-hybridized carbons (Fsp3) is 0. The van der Waals surface area contributed by atoms with E-state index < -0.39 is 0 Å². The highest BCUT2D eigenvalue weighted by Gasteiger charge is 1.58. The van der Waals surface area contributed by atoms with Crippen molar-refractivity contribution in [3.8, 4) is 0 Å². The van der Waals surface area contributed by atoms with Crippen LogP contribution in [0.1, 0.15) is 0 Å². The largest absolute Gasteiger partial charge is 0.147 e. The number of hydrogen-bond acceptors (Lipinski definition) is 0. The first-order valence-electron chi connectivity index (χ1n) is 4.00. The van der Waals surface area contributed by atoms with Crippen molar-refractivity contribution in [2.75, 3.05) is 0 Å². The number of hydrogen-bond donors (Lipinski definition) is 0. The Hall–Kier alpha value is -1.27. The summed E-state index contributed by atoms with van der Waals surface area (Å²) in [5, 5.41) is 0. The van der Waals surface area contributed by atoms with E-state index in [1.165, 1.54) is 0 Å². The molecule has 0 N–H and O–H groups in total. The monoisotopic (exact) mass is 192 g/mol. The molecule has 0 aliphatic heterocycles. The molecule has 0 heterocycles. The van der Waals surface area contributed by atoms with Crippen LogP contribution in [0.4, 0.5) is 0 Å². The molecule has 0 aliphatic carbocycles. The Morgan fingerprint density at radius 1 is 0.231 bits per heavy atom. The molecule has 0 spiro atoms. The molecule has 0 nitrogen and oxygen atoms in total. The zero-order valence-electron chi connectivity index (χ0n) is 7.34. The first kappa shape index (κ1) is 11.7. The van der Waals surface area contributed by atoms with Gasteiger partial charge in [0.1, 0.15) is 0 Å². The third-order valence-electron chi connectivity index (χ3n) is 1.33. The first-order chi connectivity index (χ1) is 6.00. The third-order valence-corrected chi connectivity index (χ3v) is 1.33.